The van der Waals surface area contributed by atoms with Crippen molar-refractivity contribution in [3.05, 3.63) is 77.7 Å². The van der Waals surface area contributed by atoms with E-state index >= 15 is 0 Å². The molecule has 0 aliphatic rings. The Morgan fingerprint density at radius 2 is 1.81 bits per heavy atom. The van der Waals surface area contributed by atoms with E-state index in [4.69, 9.17) is 20.8 Å². The largest absolute Gasteiger partial charge is 0.472 e. The molecule has 2 aromatic carbocycles. The zero-order chi connectivity index (χ0) is 19.2. The lowest BCUT2D eigenvalue weighted by atomic mass is 10.2. The Labute approximate surface area is 161 Å². The van der Waals surface area contributed by atoms with Gasteiger partial charge in [0.25, 0.3) is 5.91 Å². The van der Waals surface area contributed by atoms with Crippen LogP contribution < -0.4 is 15.4 Å². The monoisotopic (exact) mass is 384 g/mol. The van der Waals surface area contributed by atoms with Crippen LogP contribution in [0.2, 0.25) is 5.02 Å². The van der Waals surface area contributed by atoms with Crippen molar-refractivity contribution in [3.8, 4) is 11.5 Å². The first-order chi connectivity index (χ1) is 13.0. The van der Waals surface area contributed by atoms with Crippen molar-refractivity contribution in [2.24, 2.45) is 0 Å². The highest BCUT2D eigenvalue weighted by Crippen LogP contribution is 2.29. The van der Waals surface area contributed by atoms with Gasteiger partial charge in [0.05, 0.1) is 16.8 Å². The molecule has 0 fully saturated rings. The summed E-state index contributed by atoms with van der Waals surface area (Å²) in [5.74, 6) is 0.412. The maximum Gasteiger partial charge on any atom is 0.255 e. The number of hydrogen-bond acceptors (Lipinski definition) is 4. The van der Waals surface area contributed by atoms with Crippen LogP contribution in [0.3, 0.4) is 0 Å². The lowest BCUT2D eigenvalue weighted by Crippen LogP contribution is -2.41. The van der Waals surface area contributed by atoms with E-state index in [1.165, 1.54) is 18.6 Å². The third kappa shape index (κ3) is 4.89. The highest BCUT2D eigenvalue weighted by atomic mass is 35.5. The maximum atomic E-state index is 12.2. The minimum absolute atomic E-state index is 0.341. The normalized spacial score (nSPS) is 11.5. The summed E-state index contributed by atoms with van der Waals surface area (Å²) in [6.45, 7) is 1.60. The van der Waals surface area contributed by atoms with Crippen LogP contribution in [-0.4, -0.2) is 17.9 Å². The molecule has 1 aromatic heterocycles. The fourth-order valence-electron chi connectivity index (χ4n) is 2.25. The number of amides is 2. The molecule has 0 aliphatic heterocycles. The molecule has 2 amide bonds. The van der Waals surface area contributed by atoms with E-state index in [9.17, 15) is 9.59 Å². The Hall–Kier alpha value is -3.25. The third-order valence-electron chi connectivity index (χ3n) is 3.71. The van der Waals surface area contributed by atoms with Gasteiger partial charge in [0.15, 0.2) is 0 Å². The Morgan fingerprint density at radius 3 is 2.48 bits per heavy atom. The van der Waals surface area contributed by atoms with Gasteiger partial charge >= 0.3 is 0 Å². The molecule has 6 nitrogen and oxygen atoms in total. The fourth-order valence-corrected chi connectivity index (χ4v) is 2.42. The number of hydrogen-bond donors (Lipinski definition) is 2. The van der Waals surface area contributed by atoms with Gasteiger partial charge in [-0.2, -0.15) is 0 Å². The van der Waals surface area contributed by atoms with E-state index in [2.05, 4.69) is 10.6 Å². The molecule has 27 heavy (non-hydrogen) atoms. The van der Waals surface area contributed by atoms with Crippen LogP contribution in [0, 0.1) is 0 Å². The second-order valence-electron chi connectivity index (χ2n) is 5.75. The average Bonchev–Trinajstić information content (AvgIpc) is 3.20. The van der Waals surface area contributed by atoms with Crippen LogP contribution >= 0.6 is 11.6 Å². The Bertz CT molecular complexity index is 923. The van der Waals surface area contributed by atoms with E-state index in [0.29, 0.717) is 27.8 Å². The number of nitrogens with one attached hydrogen (secondary N) is 2. The van der Waals surface area contributed by atoms with Crippen molar-refractivity contribution in [1.82, 2.24) is 5.32 Å². The summed E-state index contributed by atoms with van der Waals surface area (Å²) in [5, 5.41) is 5.85. The summed E-state index contributed by atoms with van der Waals surface area (Å²) in [5.41, 5.74) is 0.937. The molecule has 0 unspecified atom stereocenters. The van der Waals surface area contributed by atoms with Crippen molar-refractivity contribution in [2.75, 3.05) is 5.32 Å². The molecule has 0 spiro atoms. The summed E-state index contributed by atoms with van der Waals surface area (Å²) in [6, 6.07) is 14.8. The minimum atomic E-state index is -0.716. The van der Waals surface area contributed by atoms with Gasteiger partial charge in [-0.25, -0.2) is 0 Å². The highest BCUT2D eigenvalue weighted by molar-refractivity contribution is 6.32. The number of carbonyl (C=O) groups is 2. The molecular formula is C20H17ClN2O4. The number of furan rings is 1. The van der Waals surface area contributed by atoms with Crippen LogP contribution in [0.25, 0.3) is 0 Å². The first-order valence-electron chi connectivity index (χ1n) is 8.19. The predicted molar refractivity (Wildman–Crippen MR) is 102 cm³/mol. The first-order valence-corrected chi connectivity index (χ1v) is 8.57. The van der Waals surface area contributed by atoms with Gasteiger partial charge < -0.3 is 19.8 Å². The average molecular weight is 385 g/mol. The number of rotatable bonds is 6. The quantitative estimate of drug-likeness (QED) is 0.656. The van der Waals surface area contributed by atoms with Crippen LogP contribution in [0.5, 0.6) is 11.5 Å². The van der Waals surface area contributed by atoms with E-state index in [1.54, 1.807) is 43.3 Å². The van der Waals surface area contributed by atoms with Gasteiger partial charge in [0.2, 0.25) is 5.91 Å². The van der Waals surface area contributed by atoms with Gasteiger partial charge in [0, 0.05) is 5.69 Å². The number of halogens is 1. The summed E-state index contributed by atoms with van der Waals surface area (Å²) < 4.78 is 10.6. The first kappa shape index (κ1) is 18.5. The van der Waals surface area contributed by atoms with Gasteiger partial charge in [-0.3, -0.25) is 9.59 Å². The smallest absolute Gasteiger partial charge is 0.255 e. The van der Waals surface area contributed by atoms with Crippen LogP contribution in [0.1, 0.15) is 17.3 Å². The Balaban J connectivity index is 1.56. The zero-order valence-electron chi connectivity index (χ0n) is 14.4. The van der Waals surface area contributed by atoms with E-state index in [1.807, 2.05) is 12.1 Å². The Kier molecular flexibility index (Phi) is 5.78. The SMILES string of the molecule is C[C@H](NC(=O)c1ccoc1)C(=O)Nc1ccc(Oc2ccccc2Cl)cc1. The summed E-state index contributed by atoms with van der Waals surface area (Å²) in [6.07, 6.45) is 2.71. The predicted octanol–water partition coefficient (Wildman–Crippen LogP) is 4.48. The van der Waals surface area contributed by atoms with Gasteiger partial charge in [0.1, 0.15) is 23.8 Å². The van der Waals surface area contributed by atoms with Crippen LogP contribution in [0.4, 0.5) is 5.69 Å². The molecule has 2 N–H and O–H groups in total. The number of anilines is 1. The Morgan fingerprint density at radius 1 is 1.07 bits per heavy atom. The standard InChI is InChI=1S/C20H17ClN2O4/c1-13(22-20(25)14-10-11-26-12-14)19(24)23-15-6-8-16(9-7-15)27-18-5-3-2-4-17(18)21/h2-13H,1H3,(H,22,25)(H,23,24)/t13-/m0/s1. The van der Waals surface area contributed by atoms with Crippen molar-refractivity contribution >= 4 is 29.1 Å². The van der Waals surface area contributed by atoms with E-state index in [0.717, 1.165) is 0 Å². The third-order valence-corrected chi connectivity index (χ3v) is 4.02. The number of carbonyl (C=O) groups excluding carboxylic acids is 2. The molecule has 0 saturated carbocycles. The number of benzene rings is 2. The summed E-state index contributed by atoms with van der Waals surface area (Å²) >= 11 is 6.07. The number of para-hydroxylation sites is 1. The van der Waals surface area contributed by atoms with Crippen molar-refractivity contribution in [3.63, 3.8) is 0 Å². The second-order valence-corrected chi connectivity index (χ2v) is 6.16. The lowest BCUT2D eigenvalue weighted by Gasteiger charge is -2.14. The molecule has 1 heterocycles. The lowest BCUT2D eigenvalue weighted by molar-refractivity contribution is -0.117. The van der Waals surface area contributed by atoms with E-state index < -0.39 is 6.04 Å². The van der Waals surface area contributed by atoms with Crippen LogP contribution in [0.15, 0.2) is 71.5 Å². The van der Waals surface area contributed by atoms with Crippen molar-refractivity contribution in [2.45, 2.75) is 13.0 Å². The molecule has 0 radical (unpaired) electrons. The van der Waals surface area contributed by atoms with Gasteiger partial charge in [-0.1, -0.05) is 23.7 Å². The molecule has 3 aromatic rings. The van der Waals surface area contributed by atoms with E-state index in [-0.39, 0.29) is 11.8 Å². The molecular weight excluding hydrogens is 368 g/mol. The molecule has 0 aliphatic carbocycles. The van der Waals surface area contributed by atoms with Crippen molar-refractivity contribution < 1.29 is 18.7 Å². The second kappa shape index (κ2) is 8.42. The molecule has 138 valence electrons. The zero-order valence-corrected chi connectivity index (χ0v) is 15.2. The summed E-state index contributed by atoms with van der Waals surface area (Å²) in [7, 11) is 0. The van der Waals surface area contributed by atoms with Gasteiger partial charge in [-0.15, -0.1) is 0 Å². The maximum absolute atomic E-state index is 12.2. The fraction of sp³-hybridized carbons (Fsp3) is 0.100. The van der Waals surface area contributed by atoms with Gasteiger partial charge in [-0.05, 0) is 49.4 Å². The summed E-state index contributed by atoms with van der Waals surface area (Å²) in [4.78, 5) is 24.2. The van der Waals surface area contributed by atoms with Crippen molar-refractivity contribution in [1.29, 1.82) is 0 Å². The number of ether oxygens (including phenoxy) is 1. The van der Waals surface area contributed by atoms with Crippen LogP contribution in [-0.2, 0) is 4.79 Å². The molecule has 7 heteroatoms. The topological polar surface area (TPSA) is 80.6 Å². The molecule has 1 atom stereocenters. The molecule has 0 saturated heterocycles. The highest BCUT2D eigenvalue weighted by Gasteiger charge is 2.17. The molecule has 3 rings (SSSR count). The minimum Gasteiger partial charge on any atom is -0.472 e. The molecule has 0 bridgehead atoms.